The first kappa shape index (κ1) is 23.8. The van der Waals surface area contributed by atoms with Crippen molar-refractivity contribution < 1.29 is 0 Å². The first-order chi connectivity index (χ1) is 21.9. The molecule has 0 spiro atoms. The summed E-state index contributed by atoms with van der Waals surface area (Å²) in [6.45, 7) is 0. The highest BCUT2D eigenvalue weighted by Gasteiger charge is 2.26. The smallest absolute Gasteiger partial charge is 0.000741 e. The van der Waals surface area contributed by atoms with Gasteiger partial charge >= 0.3 is 0 Å². The van der Waals surface area contributed by atoms with E-state index in [9.17, 15) is 0 Å². The molecular weight excluding hydrogens is 528 g/mol. The van der Waals surface area contributed by atoms with Crippen LogP contribution in [-0.4, -0.2) is 0 Å². The first-order valence-electron chi connectivity index (χ1n) is 15.4. The Hall–Kier alpha value is -5.72. The van der Waals surface area contributed by atoms with Gasteiger partial charge in [0.1, 0.15) is 0 Å². The number of hydrogen-bond acceptors (Lipinski definition) is 0. The molecular formula is C44H26. The lowest BCUT2D eigenvalue weighted by Crippen LogP contribution is -1.98. The molecule has 0 aliphatic heterocycles. The number of benzene rings is 10. The zero-order valence-electron chi connectivity index (χ0n) is 24.0. The molecule has 0 atom stereocenters. The third-order valence-corrected chi connectivity index (χ3v) is 9.72. The average Bonchev–Trinajstić information content (AvgIpc) is 3.10. The summed E-state index contributed by atoms with van der Waals surface area (Å²) < 4.78 is 0. The normalized spacial score (nSPS) is 12.1. The van der Waals surface area contributed by atoms with E-state index in [0.717, 1.165) is 0 Å². The van der Waals surface area contributed by atoms with E-state index in [1.165, 1.54) is 98.0 Å². The summed E-state index contributed by atoms with van der Waals surface area (Å²) >= 11 is 0. The van der Waals surface area contributed by atoms with Crippen LogP contribution in [0.15, 0.2) is 158 Å². The van der Waals surface area contributed by atoms with Crippen LogP contribution >= 0.6 is 0 Å². The Bertz CT molecular complexity index is 2490. The second-order valence-electron chi connectivity index (χ2n) is 12.0. The molecule has 0 radical (unpaired) electrons. The van der Waals surface area contributed by atoms with Gasteiger partial charge in [0.15, 0.2) is 0 Å². The molecule has 10 rings (SSSR count). The lowest BCUT2D eigenvalue weighted by Gasteiger charge is -2.25. The Kier molecular flexibility index (Phi) is 4.81. The Morgan fingerprint density at radius 3 is 0.818 bits per heavy atom. The van der Waals surface area contributed by atoms with Gasteiger partial charge in [-0.25, -0.2) is 0 Å². The van der Waals surface area contributed by atoms with Crippen molar-refractivity contribution in [2.24, 2.45) is 0 Å². The van der Waals surface area contributed by atoms with Crippen molar-refractivity contribution in [1.29, 1.82) is 0 Å². The van der Waals surface area contributed by atoms with Crippen molar-refractivity contribution in [3.05, 3.63) is 158 Å². The molecule has 0 aliphatic rings. The van der Waals surface area contributed by atoms with E-state index in [1.807, 2.05) is 0 Å². The molecule has 0 amide bonds. The number of hydrogen-bond donors (Lipinski definition) is 0. The Labute approximate surface area is 255 Å². The highest BCUT2D eigenvalue weighted by molar-refractivity contribution is 6.36. The minimum absolute atomic E-state index is 1.24. The second kappa shape index (κ2) is 8.89. The summed E-state index contributed by atoms with van der Waals surface area (Å²) in [5.41, 5.74) is 7.71. The Balaban J connectivity index is 1.56. The van der Waals surface area contributed by atoms with E-state index in [1.54, 1.807) is 0 Å². The predicted octanol–water partition coefficient (Wildman–Crippen LogP) is 12.5. The standard InChI is InChI=1S/C44H26/c1-3-11-27(12-4-1)41-33-19-7-15-29-23-25-31-17-9-21-35(39(31)37(29)33)43(41)44-36-22-10-18-32-26-24-30-16-8-20-34(38(30)40(32)36)42(44)28-13-5-2-6-14-28/h1-26H. The van der Waals surface area contributed by atoms with Crippen LogP contribution in [0.3, 0.4) is 0 Å². The topological polar surface area (TPSA) is 0 Å². The van der Waals surface area contributed by atoms with E-state index in [0.29, 0.717) is 0 Å². The van der Waals surface area contributed by atoms with Crippen LogP contribution in [0.2, 0.25) is 0 Å². The zero-order valence-corrected chi connectivity index (χ0v) is 24.0. The van der Waals surface area contributed by atoms with Crippen LogP contribution in [0.5, 0.6) is 0 Å². The van der Waals surface area contributed by atoms with Crippen LogP contribution in [0.25, 0.3) is 98.0 Å². The molecule has 0 heteroatoms. The van der Waals surface area contributed by atoms with Gasteiger partial charge in [-0.2, -0.15) is 0 Å². The van der Waals surface area contributed by atoms with Crippen LogP contribution in [0.1, 0.15) is 0 Å². The molecule has 0 N–H and O–H groups in total. The summed E-state index contributed by atoms with van der Waals surface area (Å²) in [5, 5.41) is 15.7. The lowest BCUT2D eigenvalue weighted by atomic mass is 9.77. The van der Waals surface area contributed by atoms with E-state index < -0.39 is 0 Å². The largest absolute Gasteiger partial charge is 0.0622 e. The van der Waals surface area contributed by atoms with Crippen molar-refractivity contribution in [3.8, 4) is 33.4 Å². The molecule has 0 unspecified atom stereocenters. The van der Waals surface area contributed by atoms with Gasteiger partial charge in [-0.05, 0) is 98.0 Å². The highest BCUT2D eigenvalue weighted by Crippen LogP contribution is 2.54. The molecule has 0 nitrogen and oxygen atoms in total. The molecule has 0 heterocycles. The summed E-state index contributed by atoms with van der Waals surface area (Å²) in [7, 11) is 0. The van der Waals surface area contributed by atoms with Gasteiger partial charge in [-0.1, -0.05) is 158 Å². The SMILES string of the molecule is c1ccc(-c2c(-c3c(-c4ccccc4)c4cccc5ccc6cccc3c6c54)c3cccc4ccc5cccc2c5c43)cc1. The predicted molar refractivity (Wildman–Crippen MR) is 190 cm³/mol. The third-order valence-electron chi connectivity index (χ3n) is 9.72. The summed E-state index contributed by atoms with van der Waals surface area (Å²) in [4.78, 5) is 0. The molecule has 0 aliphatic carbocycles. The van der Waals surface area contributed by atoms with Gasteiger partial charge in [-0.3, -0.25) is 0 Å². The van der Waals surface area contributed by atoms with Crippen molar-refractivity contribution in [3.63, 3.8) is 0 Å². The van der Waals surface area contributed by atoms with Gasteiger partial charge in [-0.15, -0.1) is 0 Å². The van der Waals surface area contributed by atoms with Crippen LogP contribution in [0.4, 0.5) is 0 Å². The Morgan fingerprint density at radius 1 is 0.205 bits per heavy atom. The third kappa shape index (κ3) is 3.12. The summed E-state index contributed by atoms with van der Waals surface area (Å²) in [6.07, 6.45) is 0. The van der Waals surface area contributed by atoms with Gasteiger partial charge in [0, 0.05) is 0 Å². The fraction of sp³-hybridized carbons (Fsp3) is 0. The maximum absolute atomic E-state index is 2.35. The van der Waals surface area contributed by atoms with E-state index in [2.05, 4.69) is 158 Å². The van der Waals surface area contributed by atoms with E-state index in [4.69, 9.17) is 0 Å². The van der Waals surface area contributed by atoms with E-state index >= 15 is 0 Å². The van der Waals surface area contributed by atoms with Gasteiger partial charge in [0.2, 0.25) is 0 Å². The Morgan fingerprint density at radius 2 is 0.500 bits per heavy atom. The number of rotatable bonds is 3. The summed E-state index contributed by atoms with van der Waals surface area (Å²) in [6, 6.07) is 58.6. The molecule has 0 bridgehead atoms. The maximum Gasteiger partial charge on any atom is -0.000741 e. The molecule has 0 saturated carbocycles. The molecule has 202 valence electrons. The van der Waals surface area contributed by atoms with Crippen LogP contribution in [-0.2, 0) is 0 Å². The van der Waals surface area contributed by atoms with Crippen molar-refractivity contribution in [1.82, 2.24) is 0 Å². The molecule has 10 aromatic carbocycles. The van der Waals surface area contributed by atoms with Crippen molar-refractivity contribution in [2.45, 2.75) is 0 Å². The molecule has 10 aromatic rings. The second-order valence-corrected chi connectivity index (χ2v) is 12.0. The molecule has 0 saturated heterocycles. The van der Waals surface area contributed by atoms with Crippen LogP contribution in [0, 0.1) is 0 Å². The van der Waals surface area contributed by atoms with Crippen molar-refractivity contribution in [2.75, 3.05) is 0 Å². The highest BCUT2D eigenvalue weighted by atomic mass is 14.3. The van der Waals surface area contributed by atoms with Gasteiger partial charge in [0.05, 0.1) is 0 Å². The summed E-state index contributed by atoms with van der Waals surface area (Å²) in [5.74, 6) is 0. The fourth-order valence-corrected chi connectivity index (χ4v) is 8.01. The van der Waals surface area contributed by atoms with E-state index in [-0.39, 0.29) is 0 Å². The molecule has 44 heavy (non-hydrogen) atoms. The molecule has 0 fully saturated rings. The minimum atomic E-state index is 1.24. The average molecular weight is 555 g/mol. The first-order valence-corrected chi connectivity index (χ1v) is 15.4. The van der Waals surface area contributed by atoms with Crippen molar-refractivity contribution >= 4 is 64.6 Å². The quantitative estimate of drug-likeness (QED) is 0.191. The fourth-order valence-electron chi connectivity index (χ4n) is 8.01. The monoisotopic (exact) mass is 554 g/mol. The minimum Gasteiger partial charge on any atom is -0.0622 e. The maximum atomic E-state index is 2.35. The van der Waals surface area contributed by atoms with Gasteiger partial charge in [0.25, 0.3) is 0 Å². The van der Waals surface area contributed by atoms with Gasteiger partial charge < -0.3 is 0 Å². The lowest BCUT2D eigenvalue weighted by molar-refractivity contribution is 1.63. The zero-order chi connectivity index (χ0) is 28.8. The molecule has 0 aromatic heterocycles. The van der Waals surface area contributed by atoms with Crippen LogP contribution < -0.4 is 0 Å².